The number of nitrogens with one attached hydrogen (secondary N) is 2. The van der Waals surface area contributed by atoms with Gasteiger partial charge in [-0.15, -0.1) is 0 Å². The Hall–Kier alpha value is -2.31. The molecule has 0 radical (unpaired) electrons. The average Bonchev–Trinajstić information content (AvgIpc) is 2.52. The van der Waals surface area contributed by atoms with Crippen molar-refractivity contribution in [2.75, 3.05) is 17.2 Å². The van der Waals surface area contributed by atoms with E-state index in [0.717, 1.165) is 0 Å². The predicted molar refractivity (Wildman–Crippen MR) is 98.5 cm³/mol. The lowest BCUT2D eigenvalue weighted by Crippen LogP contribution is -2.17. The number of rotatable bonds is 5. The van der Waals surface area contributed by atoms with E-state index in [4.69, 9.17) is 27.9 Å². The number of halogens is 2. The van der Waals surface area contributed by atoms with Gasteiger partial charge < -0.3 is 10.1 Å². The molecule has 2 aromatic rings. The summed E-state index contributed by atoms with van der Waals surface area (Å²) in [4.78, 5) is 27.7. The largest absolute Gasteiger partial charge is 0.449 e. The second kappa shape index (κ2) is 8.69. The minimum atomic E-state index is -0.551. The molecule has 1 heterocycles. The summed E-state index contributed by atoms with van der Waals surface area (Å²) in [5.41, 5.74) is 1.27. The van der Waals surface area contributed by atoms with Gasteiger partial charge in [0.1, 0.15) is 10.3 Å². The molecule has 0 fully saturated rings. The van der Waals surface area contributed by atoms with E-state index in [9.17, 15) is 9.59 Å². The second-order valence-corrected chi connectivity index (χ2v) is 6.43. The zero-order valence-corrected chi connectivity index (χ0v) is 15.2. The van der Waals surface area contributed by atoms with E-state index in [1.54, 1.807) is 24.3 Å². The first-order chi connectivity index (χ1) is 11.8. The van der Waals surface area contributed by atoms with E-state index >= 15 is 0 Å². The van der Waals surface area contributed by atoms with Crippen molar-refractivity contribution in [1.29, 1.82) is 0 Å². The summed E-state index contributed by atoms with van der Waals surface area (Å²) in [6, 6.07) is 9.50. The molecular weight excluding hydrogens is 365 g/mol. The van der Waals surface area contributed by atoms with E-state index in [1.807, 2.05) is 13.8 Å². The molecule has 8 heteroatoms. The van der Waals surface area contributed by atoms with Gasteiger partial charge in [0, 0.05) is 16.9 Å². The number of pyridine rings is 1. The van der Waals surface area contributed by atoms with Crippen molar-refractivity contribution >= 4 is 46.6 Å². The van der Waals surface area contributed by atoms with Crippen molar-refractivity contribution in [3.8, 4) is 0 Å². The molecule has 2 rings (SSSR count). The van der Waals surface area contributed by atoms with Gasteiger partial charge in [0.15, 0.2) is 0 Å². The number of anilines is 2. The van der Waals surface area contributed by atoms with Crippen LogP contribution < -0.4 is 10.6 Å². The van der Waals surface area contributed by atoms with E-state index in [0.29, 0.717) is 18.0 Å². The van der Waals surface area contributed by atoms with Gasteiger partial charge in [-0.3, -0.25) is 10.1 Å². The Morgan fingerprint density at radius 2 is 1.68 bits per heavy atom. The first kappa shape index (κ1) is 19.0. The quantitative estimate of drug-likeness (QED) is 0.725. The number of benzene rings is 1. The van der Waals surface area contributed by atoms with E-state index in [1.165, 1.54) is 12.1 Å². The molecule has 0 unspecified atom stereocenters. The van der Waals surface area contributed by atoms with Gasteiger partial charge in [0.25, 0.3) is 5.91 Å². The van der Waals surface area contributed by atoms with Crippen molar-refractivity contribution < 1.29 is 14.3 Å². The number of ether oxygens (including phenoxy) is 1. The Labute approximate surface area is 155 Å². The van der Waals surface area contributed by atoms with Crippen LogP contribution in [0.1, 0.15) is 24.2 Å². The Morgan fingerprint density at radius 3 is 2.28 bits per heavy atom. The Kier molecular flexibility index (Phi) is 6.61. The van der Waals surface area contributed by atoms with Crippen LogP contribution in [-0.2, 0) is 4.74 Å². The molecule has 0 spiro atoms. The zero-order chi connectivity index (χ0) is 18.4. The lowest BCUT2D eigenvalue weighted by atomic mass is 10.2. The van der Waals surface area contributed by atoms with Crippen molar-refractivity contribution in [3.05, 3.63) is 52.3 Å². The van der Waals surface area contributed by atoms with Crippen molar-refractivity contribution in [3.63, 3.8) is 0 Å². The second-order valence-electron chi connectivity index (χ2n) is 5.65. The van der Waals surface area contributed by atoms with Gasteiger partial charge in [0.05, 0.1) is 6.61 Å². The van der Waals surface area contributed by atoms with Crippen LogP contribution in [0.5, 0.6) is 0 Å². The predicted octanol–water partition coefficient (Wildman–Crippen LogP) is 4.85. The summed E-state index contributed by atoms with van der Waals surface area (Å²) in [5.74, 6) is -0.152. The lowest BCUT2D eigenvalue weighted by Gasteiger charge is -2.10. The summed E-state index contributed by atoms with van der Waals surface area (Å²) >= 11 is 11.6. The normalized spacial score (nSPS) is 10.4. The van der Waals surface area contributed by atoms with Gasteiger partial charge in [-0.25, -0.2) is 9.78 Å². The number of hydrogen-bond donors (Lipinski definition) is 2. The summed E-state index contributed by atoms with van der Waals surface area (Å²) in [7, 11) is 0. The average molecular weight is 382 g/mol. The smallest absolute Gasteiger partial charge is 0.411 e. The highest BCUT2D eigenvalue weighted by Gasteiger charge is 2.10. The maximum atomic E-state index is 12.3. The SMILES string of the molecule is CC(C)COC(=O)Nc1cccc(NC(=O)c2cc(Cl)nc(Cl)c2)c1. The van der Waals surface area contributed by atoms with Crippen LogP contribution in [0, 0.1) is 5.92 Å². The lowest BCUT2D eigenvalue weighted by molar-refractivity contribution is 0.102. The summed E-state index contributed by atoms with van der Waals surface area (Å²) in [5, 5.41) is 5.56. The highest BCUT2D eigenvalue weighted by atomic mass is 35.5. The van der Waals surface area contributed by atoms with Crippen molar-refractivity contribution in [1.82, 2.24) is 4.98 Å². The monoisotopic (exact) mass is 381 g/mol. The molecule has 6 nitrogen and oxygen atoms in total. The van der Waals surface area contributed by atoms with Gasteiger partial charge in [-0.05, 0) is 36.2 Å². The molecule has 0 aliphatic heterocycles. The Balaban J connectivity index is 2.03. The minimum Gasteiger partial charge on any atom is -0.449 e. The molecule has 132 valence electrons. The maximum absolute atomic E-state index is 12.3. The fourth-order valence-corrected chi connectivity index (χ4v) is 2.33. The number of hydrogen-bond acceptors (Lipinski definition) is 4. The van der Waals surface area contributed by atoms with Crippen LogP contribution in [0.25, 0.3) is 0 Å². The zero-order valence-electron chi connectivity index (χ0n) is 13.7. The van der Waals surface area contributed by atoms with Crippen LogP contribution in [0.3, 0.4) is 0 Å². The van der Waals surface area contributed by atoms with Crippen LogP contribution >= 0.6 is 23.2 Å². The summed E-state index contributed by atoms with van der Waals surface area (Å²) < 4.78 is 5.05. The van der Waals surface area contributed by atoms with Crippen molar-refractivity contribution in [2.24, 2.45) is 5.92 Å². The molecule has 0 aliphatic carbocycles. The standard InChI is InChI=1S/C17H17Cl2N3O3/c1-10(2)9-25-17(24)21-13-5-3-4-12(8-13)20-16(23)11-6-14(18)22-15(19)7-11/h3-8,10H,9H2,1-2H3,(H,20,23)(H,21,24). The minimum absolute atomic E-state index is 0.126. The first-order valence-electron chi connectivity index (χ1n) is 7.52. The molecule has 0 atom stereocenters. The third-order valence-electron chi connectivity index (χ3n) is 2.94. The number of amides is 2. The van der Waals surface area contributed by atoms with E-state index in [2.05, 4.69) is 15.6 Å². The first-order valence-corrected chi connectivity index (χ1v) is 8.27. The molecule has 0 bridgehead atoms. The third kappa shape index (κ3) is 6.25. The summed E-state index contributed by atoms with van der Waals surface area (Å²) in [6.45, 7) is 4.22. The van der Waals surface area contributed by atoms with E-state index in [-0.39, 0.29) is 21.8 Å². The van der Waals surface area contributed by atoms with Crippen LogP contribution in [0.4, 0.5) is 16.2 Å². The highest BCUT2D eigenvalue weighted by Crippen LogP contribution is 2.19. The fourth-order valence-electron chi connectivity index (χ4n) is 1.87. The number of nitrogens with zero attached hydrogens (tertiary/aromatic N) is 1. The molecule has 2 N–H and O–H groups in total. The molecule has 0 saturated heterocycles. The fraction of sp³-hybridized carbons (Fsp3) is 0.235. The molecule has 0 aliphatic rings. The van der Waals surface area contributed by atoms with Crippen LogP contribution in [0.2, 0.25) is 10.3 Å². The molecule has 1 aromatic heterocycles. The van der Waals surface area contributed by atoms with Crippen LogP contribution in [0.15, 0.2) is 36.4 Å². The molecule has 2 amide bonds. The van der Waals surface area contributed by atoms with Crippen LogP contribution in [-0.4, -0.2) is 23.6 Å². The number of aromatic nitrogens is 1. The van der Waals surface area contributed by atoms with E-state index < -0.39 is 12.0 Å². The highest BCUT2D eigenvalue weighted by molar-refractivity contribution is 6.33. The maximum Gasteiger partial charge on any atom is 0.411 e. The molecule has 1 aromatic carbocycles. The van der Waals surface area contributed by atoms with Gasteiger partial charge >= 0.3 is 6.09 Å². The molecular formula is C17H17Cl2N3O3. The number of carbonyl (C=O) groups excluding carboxylic acids is 2. The van der Waals surface area contributed by atoms with Crippen molar-refractivity contribution in [2.45, 2.75) is 13.8 Å². The van der Waals surface area contributed by atoms with Gasteiger partial charge in [-0.2, -0.15) is 0 Å². The van der Waals surface area contributed by atoms with Gasteiger partial charge in [-0.1, -0.05) is 43.1 Å². The summed E-state index contributed by atoms with van der Waals surface area (Å²) in [6.07, 6.45) is -0.551. The molecule has 25 heavy (non-hydrogen) atoms. The Morgan fingerprint density at radius 1 is 1.08 bits per heavy atom. The Bertz CT molecular complexity index is 761. The van der Waals surface area contributed by atoms with Gasteiger partial charge in [0.2, 0.25) is 0 Å². The number of carbonyl (C=O) groups is 2. The topological polar surface area (TPSA) is 80.3 Å². The molecule has 0 saturated carbocycles. The third-order valence-corrected chi connectivity index (χ3v) is 3.33.